The third-order valence-corrected chi connectivity index (χ3v) is 3.75. The second-order valence-electron chi connectivity index (χ2n) is 3.97. The Hall–Kier alpha value is -1.15. The standard InChI is InChI=1S/C11H15N3OS/c1-2-8-16-11-13-12-10(15)14(11)9-6-4-3-5-7-9/h1,9H,3-8H2,(H,12,15). The van der Waals surface area contributed by atoms with Gasteiger partial charge in [-0.15, -0.1) is 11.5 Å². The Kier molecular flexibility index (Phi) is 3.73. The second-order valence-corrected chi connectivity index (χ2v) is 4.91. The summed E-state index contributed by atoms with van der Waals surface area (Å²) in [5, 5.41) is 7.26. The lowest BCUT2D eigenvalue weighted by Gasteiger charge is -2.22. The van der Waals surface area contributed by atoms with Crippen molar-refractivity contribution < 1.29 is 0 Å². The van der Waals surface area contributed by atoms with Crippen LogP contribution >= 0.6 is 11.8 Å². The van der Waals surface area contributed by atoms with Crippen LogP contribution in [0.25, 0.3) is 0 Å². The van der Waals surface area contributed by atoms with Gasteiger partial charge in [-0.25, -0.2) is 9.89 Å². The first-order valence-corrected chi connectivity index (χ1v) is 6.54. The Morgan fingerprint density at radius 3 is 2.94 bits per heavy atom. The Bertz CT molecular complexity index is 437. The number of nitrogens with one attached hydrogen (secondary N) is 1. The normalized spacial score (nSPS) is 17.2. The zero-order chi connectivity index (χ0) is 11.4. The quantitative estimate of drug-likeness (QED) is 0.644. The van der Waals surface area contributed by atoms with Crippen LogP contribution in [0.1, 0.15) is 38.1 Å². The van der Waals surface area contributed by atoms with Crippen molar-refractivity contribution in [1.82, 2.24) is 14.8 Å². The number of hydrogen-bond acceptors (Lipinski definition) is 3. The molecule has 1 aliphatic rings. The van der Waals surface area contributed by atoms with Gasteiger partial charge < -0.3 is 0 Å². The molecular weight excluding hydrogens is 222 g/mol. The van der Waals surface area contributed by atoms with E-state index in [9.17, 15) is 4.79 Å². The lowest BCUT2D eigenvalue weighted by molar-refractivity contribution is 0.330. The molecule has 86 valence electrons. The maximum absolute atomic E-state index is 11.7. The van der Waals surface area contributed by atoms with E-state index in [1.54, 1.807) is 4.57 Å². The van der Waals surface area contributed by atoms with E-state index in [1.807, 2.05) is 0 Å². The third kappa shape index (κ3) is 2.33. The molecule has 0 unspecified atom stereocenters. The van der Waals surface area contributed by atoms with Crippen LogP contribution in [-0.2, 0) is 0 Å². The number of nitrogens with zero attached hydrogens (tertiary/aromatic N) is 2. The lowest BCUT2D eigenvalue weighted by Crippen LogP contribution is -2.24. The number of hydrogen-bond donors (Lipinski definition) is 1. The van der Waals surface area contributed by atoms with Gasteiger partial charge in [0.2, 0.25) is 0 Å². The van der Waals surface area contributed by atoms with Gasteiger partial charge in [-0.05, 0) is 12.8 Å². The molecule has 0 aromatic carbocycles. The first-order chi connectivity index (χ1) is 7.83. The predicted molar refractivity (Wildman–Crippen MR) is 64.5 cm³/mol. The Labute approximate surface area is 98.8 Å². The van der Waals surface area contributed by atoms with Gasteiger partial charge in [0.1, 0.15) is 0 Å². The van der Waals surface area contributed by atoms with Crippen molar-refractivity contribution in [2.45, 2.75) is 43.3 Å². The minimum absolute atomic E-state index is 0.105. The molecule has 1 N–H and O–H groups in total. The van der Waals surface area contributed by atoms with Crippen molar-refractivity contribution in [2.75, 3.05) is 5.75 Å². The number of terminal acetylenes is 1. The highest BCUT2D eigenvalue weighted by molar-refractivity contribution is 7.99. The second kappa shape index (κ2) is 5.26. The number of H-pyrrole nitrogens is 1. The lowest BCUT2D eigenvalue weighted by atomic mass is 9.95. The van der Waals surface area contributed by atoms with Crippen molar-refractivity contribution in [3.8, 4) is 12.3 Å². The average Bonchev–Trinajstić information content (AvgIpc) is 2.69. The molecule has 1 saturated carbocycles. The van der Waals surface area contributed by atoms with Crippen LogP contribution in [0, 0.1) is 12.3 Å². The summed E-state index contributed by atoms with van der Waals surface area (Å²) in [6, 6.07) is 0.306. The van der Waals surface area contributed by atoms with E-state index in [1.165, 1.54) is 31.0 Å². The number of thioether (sulfide) groups is 1. The molecule has 0 saturated heterocycles. The number of aromatic amines is 1. The molecule has 0 atom stereocenters. The molecule has 16 heavy (non-hydrogen) atoms. The molecule has 1 aliphatic carbocycles. The smallest absolute Gasteiger partial charge is 0.267 e. The van der Waals surface area contributed by atoms with E-state index < -0.39 is 0 Å². The Morgan fingerprint density at radius 2 is 2.25 bits per heavy atom. The average molecular weight is 237 g/mol. The first kappa shape index (κ1) is 11.3. The van der Waals surface area contributed by atoms with Crippen molar-refractivity contribution in [1.29, 1.82) is 0 Å². The fourth-order valence-corrected chi connectivity index (χ4v) is 2.85. The summed E-state index contributed by atoms with van der Waals surface area (Å²) < 4.78 is 1.78. The van der Waals surface area contributed by atoms with E-state index in [0.29, 0.717) is 11.8 Å². The van der Waals surface area contributed by atoms with E-state index in [2.05, 4.69) is 16.1 Å². The highest BCUT2D eigenvalue weighted by atomic mass is 32.2. The van der Waals surface area contributed by atoms with Crippen LogP contribution in [0.5, 0.6) is 0 Å². The van der Waals surface area contributed by atoms with Gasteiger partial charge in [0, 0.05) is 6.04 Å². The molecule has 1 aromatic rings. The SMILES string of the molecule is C#CCSc1n[nH]c(=O)n1C1CCCCC1. The number of aromatic nitrogens is 3. The van der Waals surface area contributed by atoms with E-state index in [0.717, 1.165) is 18.0 Å². The maximum Gasteiger partial charge on any atom is 0.344 e. The van der Waals surface area contributed by atoms with Gasteiger partial charge in [0.15, 0.2) is 5.16 Å². The molecule has 0 amide bonds. The highest BCUT2D eigenvalue weighted by Crippen LogP contribution is 2.29. The van der Waals surface area contributed by atoms with E-state index in [4.69, 9.17) is 6.42 Å². The van der Waals surface area contributed by atoms with Crippen molar-refractivity contribution in [2.24, 2.45) is 0 Å². The molecule has 0 spiro atoms. The summed E-state index contributed by atoms with van der Waals surface area (Å²) >= 11 is 1.45. The Morgan fingerprint density at radius 1 is 1.50 bits per heavy atom. The number of rotatable bonds is 3. The van der Waals surface area contributed by atoms with E-state index >= 15 is 0 Å². The molecule has 0 radical (unpaired) electrons. The summed E-state index contributed by atoms with van der Waals surface area (Å²) in [6.45, 7) is 0. The molecule has 1 heterocycles. The first-order valence-electron chi connectivity index (χ1n) is 5.56. The summed E-state index contributed by atoms with van der Waals surface area (Å²) in [4.78, 5) is 11.7. The fraction of sp³-hybridized carbons (Fsp3) is 0.636. The zero-order valence-electron chi connectivity index (χ0n) is 9.11. The van der Waals surface area contributed by atoms with Gasteiger partial charge in [-0.2, -0.15) is 0 Å². The van der Waals surface area contributed by atoms with E-state index in [-0.39, 0.29) is 5.69 Å². The van der Waals surface area contributed by atoms with Crippen molar-refractivity contribution in [3.05, 3.63) is 10.5 Å². The minimum atomic E-state index is -0.105. The predicted octanol–water partition coefficient (Wildman–Crippen LogP) is 1.80. The summed E-state index contributed by atoms with van der Waals surface area (Å²) in [5.74, 6) is 3.10. The van der Waals surface area contributed by atoms with Crippen LogP contribution in [-0.4, -0.2) is 20.5 Å². The summed E-state index contributed by atoms with van der Waals surface area (Å²) in [7, 11) is 0. The molecule has 4 nitrogen and oxygen atoms in total. The maximum atomic E-state index is 11.7. The minimum Gasteiger partial charge on any atom is -0.267 e. The summed E-state index contributed by atoms with van der Waals surface area (Å²) in [6.07, 6.45) is 11.0. The molecule has 1 aromatic heterocycles. The largest absolute Gasteiger partial charge is 0.344 e. The van der Waals surface area contributed by atoms with Crippen LogP contribution in [0.15, 0.2) is 9.95 Å². The van der Waals surface area contributed by atoms with Crippen molar-refractivity contribution in [3.63, 3.8) is 0 Å². The van der Waals surface area contributed by atoms with Crippen LogP contribution in [0.4, 0.5) is 0 Å². The van der Waals surface area contributed by atoms with Gasteiger partial charge in [0.05, 0.1) is 5.75 Å². The van der Waals surface area contributed by atoms with Gasteiger partial charge in [0.25, 0.3) is 0 Å². The summed E-state index contributed by atoms with van der Waals surface area (Å²) in [5.41, 5.74) is -0.105. The monoisotopic (exact) mass is 237 g/mol. The zero-order valence-corrected chi connectivity index (χ0v) is 9.92. The molecule has 5 heteroatoms. The van der Waals surface area contributed by atoms with Gasteiger partial charge in [-0.1, -0.05) is 36.9 Å². The molecule has 0 aliphatic heterocycles. The van der Waals surface area contributed by atoms with Gasteiger partial charge in [-0.3, -0.25) is 4.57 Å². The van der Waals surface area contributed by atoms with Crippen molar-refractivity contribution >= 4 is 11.8 Å². The van der Waals surface area contributed by atoms with Crippen LogP contribution in [0.2, 0.25) is 0 Å². The molecular formula is C11H15N3OS. The molecule has 2 rings (SSSR count). The topological polar surface area (TPSA) is 50.7 Å². The highest BCUT2D eigenvalue weighted by Gasteiger charge is 2.20. The van der Waals surface area contributed by atoms with Crippen LogP contribution in [0.3, 0.4) is 0 Å². The molecule has 0 bridgehead atoms. The Balaban J connectivity index is 2.20. The van der Waals surface area contributed by atoms with Gasteiger partial charge >= 0.3 is 5.69 Å². The fourth-order valence-electron chi connectivity index (χ4n) is 2.16. The van der Waals surface area contributed by atoms with Crippen LogP contribution < -0.4 is 5.69 Å². The third-order valence-electron chi connectivity index (χ3n) is 2.90. The molecule has 1 fully saturated rings.